The van der Waals surface area contributed by atoms with E-state index in [2.05, 4.69) is 31.4 Å². The molecule has 1 aromatic heterocycles. The average Bonchev–Trinajstić information content (AvgIpc) is 2.66. The molecule has 2 aromatic carbocycles. The van der Waals surface area contributed by atoms with Crippen LogP contribution in [0.2, 0.25) is 0 Å². The summed E-state index contributed by atoms with van der Waals surface area (Å²) in [6.45, 7) is 1.49. The minimum atomic E-state index is -0.977. The molecule has 0 bridgehead atoms. The molecule has 8 heteroatoms. The molecular weight excluding hydrogens is 414 g/mol. The molecule has 1 unspecified atom stereocenters. The lowest BCUT2D eigenvalue weighted by atomic mass is 10.1. The molecule has 2 N–H and O–H groups in total. The van der Waals surface area contributed by atoms with E-state index in [0.717, 1.165) is 4.47 Å². The van der Waals surface area contributed by atoms with E-state index in [1.807, 2.05) is 0 Å². The number of carbonyl (C=O) groups excluding carboxylic acids is 2. The van der Waals surface area contributed by atoms with Crippen LogP contribution in [0.1, 0.15) is 12.6 Å². The van der Waals surface area contributed by atoms with Crippen molar-refractivity contribution in [2.75, 3.05) is 5.32 Å². The van der Waals surface area contributed by atoms with Crippen LogP contribution in [-0.2, 0) is 20.7 Å². The van der Waals surface area contributed by atoms with Crippen molar-refractivity contribution in [3.63, 3.8) is 0 Å². The van der Waals surface area contributed by atoms with Crippen LogP contribution in [0.25, 0.3) is 10.8 Å². The lowest BCUT2D eigenvalue weighted by Crippen LogP contribution is -2.30. The molecule has 0 saturated heterocycles. The number of anilines is 1. The Morgan fingerprint density at radius 2 is 1.81 bits per heavy atom. The fraction of sp³-hybridized carbons (Fsp3) is 0.158. The molecule has 0 fully saturated rings. The van der Waals surface area contributed by atoms with Gasteiger partial charge in [0.15, 0.2) is 6.10 Å². The Kier molecular flexibility index (Phi) is 5.66. The van der Waals surface area contributed by atoms with Crippen molar-refractivity contribution in [3.05, 3.63) is 69.1 Å². The van der Waals surface area contributed by atoms with Gasteiger partial charge in [-0.3, -0.25) is 14.4 Å². The summed E-state index contributed by atoms with van der Waals surface area (Å²) in [5.41, 5.74) is 0.653. The number of nitrogens with zero attached hydrogens (tertiary/aromatic N) is 1. The monoisotopic (exact) mass is 429 g/mol. The van der Waals surface area contributed by atoms with Gasteiger partial charge in [-0.05, 0) is 37.3 Å². The van der Waals surface area contributed by atoms with E-state index in [-0.39, 0.29) is 12.0 Å². The number of amides is 1. The normalized spacial score (nSPS) is 11.8. The Bertz CT molecular complexity index is 1050. The van der Waals surface area contributed by atoms with Crippen LogP contribution in [-0.4, -0.2) is 28.2 Å². The molecule has 0 spiro atoms. The standard InChI is InChI=1S/C19H16BrN3O4/c1-11(18(25)21-13-8-6-12(20)7-9-13)27-17(24)10-16-14-4-2-3-5-15(14)19(26)23-22-16/h2-9,11H,10H2,1H3,(H,21,25)(H,23,26). The highest BCUT2D eigenvalue weighted by atomic mass is 79.9. The first-order valence-electron chi connectivity index (χ1n) is 8.16. The SMILES string of the molecule is CC(OC(=O)Cc1n[nH]c(=O)c2ccccc12)C(=O)Nc1ccc(Br)cc1. The molecule has 1 atom stereocenters. The lowest BCUT2D eigenvalue weighted by molar-refractivity contribution is -0.152. The summed E-state index contributed by atoms with van der Waals surface area (Å²) < 4.78 is 6.09. The molecule has 0 aliphatic carbocycles. The van der Waals surface area contributed by atoms with Gasteiger partial charge in [-0.15, -0.1) is 0 Å². The number of benzene rings is 2. The quantitative estimate of drug-likeness (QED) is 0.607. The first-order chi connectivity index (χ1) is 12.9. The Hall–Kier alpha value is -3.00. The summed E-state index contributed by atoms with van der Waals surface area (Å²) >= 11 is 3.32. The van der Waals surface area contributed by atoms with Crippen molar-refractivity contribution in [1.82, 2.24) is 10.2 Å². The minimum absolute atomic E-state index is 0.160. The Balaban J connectivity index is 1.65. The Morgan fingerprint density at radius 3 is 2.52 bits per heavy atom. The van der Waals surface area contributed by atoms with Crippen LogP contribution in [0.5, 0.6) is 0 Å². The van der Waals surface area contributed by atoms with Crippen molar-refractivity contribution in [2.45, 2.75) is 19.4 Å². The molecule has 1 heterocycles. The molecule has 138 valence electrons. The topological polar surface area (TPSA) is 101 Å². The van der Waals surface area contributed by atoms with Crippen molar-refractivity contribution in [2.24, 2.45) is 0 Å². The molecule has 0 radical (unpaired) electrons. The highest BCUT2D eigenvalue weighted by Crippen LogP contribution is 2.15. The number of rotatable bonds is 5. The van der Waals surface area contributed by atoms with Gasteiger partial charge < -0.3 is 10.1 Å². The summed E-state index contributed by atoms with van der Waals surface area (Å²) in [7, 11) is 0. The smallest absolute Gasteiger partial charge is 0.312 e. The van der Waals surface area contributed by atoms with E-state index < -0.39 is 18.0 Å². The number of aromatic amines is 1. The van der Waals surface area contributed by atoms with Crippen LogP contribution in [0.3, 0.4) is 0 Å². The predicted molar refractivity (Wildman–Crippen MR) is 104 cm³/mol. The molecule has 3 aromatic rings. The summed E-state index contributed by atoms with van der Waals surface area (Å²) in [6.07, 6.45) is -1.14. The number of carbonyl (C=O) groups is 2. The Morgan fingerprint density at radius 1 is 1.15 bits per heavy atom. The summed E-state index contributed by atoms with van der Waals surface area (Å²) in [4.78, 5) is 36.2. The predicted octanol–water partition coefficient (Wildman–Crippen LogP) is 2.80. The van der Waals surface area contributed by atoms with Gasteiger partial charge in [0, 0.05) is 15.5 Å². The number of hydrogen-bond donors (Lipinski definition) is 2. The van der Waals surface area contributed by atoms with Crippen molar-refractivity contribution < 1.29 is 14.3 Å². The van der Waals surface area contributed by atoms with Gasteiger partial charge in [-0.1, -0.05) is 34.1 Å². The first kappa shape index (κ1) is 18.8. The van der Waals surface area contributed by atoms with Gasteiger partial charge in [0.2, 0.25) is 0 Å². The zero-order chi connectivity index (χ0) is 19.4. The van der Waals surface area contributed by atoms with E-state index in [1.165, 1.54) is 6.92 Å². The maximum Gasteiger partial charge on any atom is 0.312 e. The van der Waals surface area contributed by atoms with Crippen molar-refractivity contribution in [1.29, 1.82) is 0 Å². The van der Waals surface area contributed by atoms with E-state index in [9.17, 15) is 14.4 Å². The molecule has 0 saturated carbocycles. The summed E-state index contributed by atoms with van der Waals surface area (Å²) in [5.74, 6) is -1.05. The Labute approximate surface area is 162 Å². The first-order valence-corrected chi connectivity index (χ1v) is 8.95. The molecule has 27 heavy (non-hydrogen) atoms. The van der Waals surface area contributed by atoms with Gasteiger partial charge >= 0.3 is 5.97 Å². The van der Waals surface area contributed by atoms with Crippen LogP contribution >= 0.6 is 15.9 Å². The maximum absolute atomic E-state index is 12.2. The second kappa shape index (κ2) is 8.13. The lowest BCUT2D eigenvalue weighted by Gasteiger charge is -2.14. The number of aromatic nitrogens is 2. The maximum atomic E-state index is 12.2. The zero-order valence-corrected chi connectivity index (χ0v) is 15.9. The third-order valence-electron chi connectivity index (χ3n) is 3.88. The number of H-pyrrole nitrogens is 1. The second-order valence-electron chi connectivity index (χ2n) is 5.85. The highest BCUT2D eigenvalue weighted by molar-refractivity contribution is 9.10. The van der Waals surface area contributed by atoms with Crippen LogP contribution in [0.15, 0.2) is 57.8 Å². The average molecular weight is 430 g/mol. The number of esters is 1. The van der Waals surface area contributed by atoms with Gasteiger partial charge in [-0.25, -0.2) is 5.10 Å². The summed E-state index contributed by atoms with van der Waals surface area (Å²) in [6, 6.07) is 13.9. The number of ether oxygens (including phenoxy) is 1. The number of nitrogens with one attached hydrogen (secondary N) is 2. The van der Waals surface area contributed by atoms with Crippen LogP contribution in [0.4, 0.5) is 5.69 Å². The molecule has 7 nitrogen and oxygen atoms in total. The third kappa shape index (κ3) is 4.59. The fourth-order valence-electron chi connectivity index (χ4n) is 2.51. The zero-order valence-electron chi connectivity index (χ0n) is 14.4. The van der Waals surface area contributed by atoms with Gasteiger partial charge in [0.25, 0.3) is 11.5 Å². The van der Waals surface area contributed by atoms with Crippen LogP contribution < -0.4 is 10.9 Å². The summed E-state index contributed by atoms with van der Waals surface area (Å²) in [5, 5.41) is 9.99. The third-order valence-corrected chi connectivity index (χ3v) is 4.40. The largest absolute Gasteiger partial charge is 0.452 e. The molecule has 0 aliphatic rings. The highest BCUT2D eigenvalue weighted by Gasteiger charge is 2.19. The van der Waals surface area contributed by atoms with E-state index in [0.29, 0.717) is 22.2 Å². The van der Waals surface area contributed by atoms with Crippen LogP contribution in [0, 0.1) is 0 Å². The van der Waals surface area contributed by atoms with Crippen molar-refractivity contribution in [3.8, 4) is 0 Å². The molecule has 0 aliphatic heterocycles. The van der Waals surface area contributed by atoms with E-state index in [1.54, 1.807) is 48.5 Å². The molecule has 3 rings (SSSR count). The van der Waals surface area contributed by atoms with Gasteiger partial charge in [0.1, 0.15) is 0 Å². The molecule has 1 amide bonds. The fourth-order valence-corrected chi connectivity index (χ4v) is 2.78. The number of hydrogen-bond acceptors (Lipinski definition) is 5. The van der Waals surface area contributed by atoms with Gasteiger partial charge in [-0.2, -0.15) is 5.10 Å². The minimum Gasteiger partial charge on any atom is -0.452 e. The number of fused-ring (bicyclic) bond motifs is 1. The van der Waals surface area contributed by atoms with Gasteiger partial charge in [0.05, 0.1) is 17.5 Å². The number of halogens is 1. The van der Waals surface area contributed by atoms with Crippen molar-refractivity contribution >= 4 is 44.3 Å². The second-order valence-corrected chi connectivity index (χ2v) is 6.77. The molecular formula is C19H16BrN3O4. The van der Waals surface area contributed by atoms with E-state index >= 15 is 0 Å². The van der Waals surface area contributed by atoms with E-state index in [4.69, 9.17) is 4.74 Å².